The predicted octanol–water partition coefficient (Wildman–Crippen LogP) is 2.79. The first kappa shape index (κ1) is 14.8. The Morgan fingerprint density at radius 1 is 1.17 bits per heavy atom. The lowest BCUT2D eigenvalue weighted by atomic mass is 9.99. The molecule has 0 amide bonds. The number of nitrogens with two attached hydrogens (primary N) is 1. The Kier molecular flexibility index (Phi) is 6.54. The van der Waals surface area contributed by atoms with E-state index in [0.29, 0.717) is 0 Å². The molecular weight excluding hydrogens is 228 g/mol. The van der Waals surface area contributed by atoms with Crippen LogP contribution >= 0.6 is 0 Å². The Labute approximate surface area is 109 Å². The van der Waals surface area contributed by atoms with E-state index in [-0.39, 0.29) is 6.04 Å². The SMILES string of the molecule is CCCCCC(NN)c1c(OC)cccc1OC. The van der Waals surface area contributed by atoms with E-state index in [1.165, 1.54) is 12.8 Å². The lowest BCUT2D eigenvalue weighted by Gasteiger charge is -2.21. The molecule has 0 aliphatic rings. The van der Waals surface area contributed by atoms with Gasteiger partial charge in [0.25, 0.3) is 0 Å². The molecule has 1 aromatic rings. The first-order chi connectivity index (χ1) is 8.78. The molecule has 3 N–H and O–H groups in total. The maximum absolute atomic E-state index is 5.67. The van der Waals surface area contributed by atoms with Gasteiger partial charge in [0.2, 0.25) is 0 Å². The van der Waals surface area contributed by atoms with Crippen molar-refractivity contribution in [3.05, 3.63) is 23.8 Å². The minimum absolute atomic E-state index is 0.0580. The molecule has 0 fully saturated rings. The van der Waals surface area contributed by atoms with Gasteiger partial charge in [-0.15, -0.1) is 0 Å². The van der Waals surface area contributed by atoms with Crippen LogP contribution in [0.2, 0.25) is 0 Å². The number of rotatable bonds is 8. The monoisotopic (exact) mass is 252 g/mol. The van der Waals surface area contributed by atoms with Crippen molar-refractivity contribution in [1.29, 1.82) is 0 Å². The van der Waals surface area contributed by atoms with Crippen LogP contribution in [0.15, 0.2) is 18.2 Å². The van der Waals surface area contributed by atoms with Crippen molar-refractivity contribution < 1.29 is 9.47 Å². The summed E-state index contributed by atoms with van der Waals surface area (Å²) in [4.78, 5) is 0. The average molecular weight is 252 g/mol. The van der Waals surface area contributed by atoms with Gasteiger partial charge in [-0.2, -0.15) is 0 Å². The summed E-state index contributed by atoms with van der Waals surface area (Å²) in [5, 5.41) is 0. The summed E-state index contributed by atoms with van der Waals surface area (Å²) in [6.45, 7) is 2.19. The first-order valence-electron chi connectivity index (χ1n) is 6.45. The maximum Gasteiger partial charge on any atom is 0.127 e. The van der Waals surface area contributed by atoms with Gasteiger partial charge in [0.1, 0.15) is 11.5 Å². The molecule has 0 heterocycles. The minimum Gasteiger partial charge on any atom is -0.496 e. The fraction of sp³-hybridized carbons (Fsp3) is 0.571. The van der Waals surface area contributed by atoms with E-state index in [4.69, 9.17) is 15.3 Å². The molecule has 0 spiro atoms. The number of hydrogen-bond donors (Lipinski definition) is 2. The van der Waals surface area contributed by atoms with E-state index in [1.54, 1.807) is 14.2 Å². The zero-order valence-electron chi connectivity index (χ0n) is 11.5. The largest absolute Gasteiger partial charge is 0.496 e. The van der Waals surface area contributed by atoms with E-state index in [9.17, 15) is 0 Å². The summed E-state index contributed by atoms with van der Waals surface area (Å²) in [6, 6.07) is 5.84. The van der Waals surface area contributed by atoms with Crippen molar-refractivity contribution in [2.75, 3.05) is 14.2 Å². The van der Waals surface area contributed by atoms with Gasteiger partial charge >= 0.3 is 0 Å². The smallest absolute Gasteiger partial charge is 0.127 e. The Hall–Kier alpha value is -1.26. The molecular formula is C14H24N2O2. The van der Waals surface area contributed by atoms with Crippen LogP contribution in [-0.4, -0.2) is 14.2 Å². The Morgan fingerprint density at radius 2 is 1.78 bits per heavy atom. The van der Waals surface area contributed by atoms with Crippen LogP contribution in [0, 0.1) is 0 Å². The van der Waals surface area contributed by atoms with Crippen molar-refractivity contribution >= 4 is 0 Å². The highest BCUT2D eigenvalue weighted by atomic mass is 16.5. The third-order valence-corrected chi connectivity index (χ3v) is 3.11. The number of unbranched alkanes of at least 4 members (excludes halogenated alkanes) is 2. The predicted molar refractivity (Wildman–Crippen MR) is 73.8 cm³/mol. The van der Waals surface area contributed by atoms with Crippen molar-refractivity contribution in [2.45, 2.75) is 38.6 Å². The summed E-state index contributed by atoms with van der Waals surface area (Å²) in [7, 11) is 3.33. The number of nitrogens with one attached hydrogen (secondary N) is 1. The molecule has 1 unspecified atom stereocenters. The molecule has 0 aromatic heterocycles. The fourth-order valence-electron chi connectivity index (χ4n) is 2.13. The van der Waals surface area contributed by atoms with Crippen LogP contribution < -0.4 is 20.7 Å². The van der Waals surface area contributed by atoms with E-state index in [1.807, 2.05) is 18.2 Å². The molecule has 0 aliphatic carbocycles. The summed E-state index contributed by atoms with van der Waals surface area (Å²) >= 11 is 0. The molecule has 0 bridgehead atoms. The van der Waals surface area contributed by atoms with Gasteiger partial charge in [-0.3, -0.25) is 11.3 Å². The molecule has 1 atom stereocenters. The van der Waals surface area contributed by atoms with Crippen LogP contribution in [0.25, 0.3) is 0 Å². The third kappa shape index (κ3) is 3.62. The number of hydrazine groups is 1. The second-order valence-electron chi connectivity index (χ2n) is 4.29. The van der Waals surface area contributed by atoms with Crippen molar-refractivity contribution in [2.24, 2.45) is 5.84 Å². The van der Waals surface area contributed by atoms with E-state index < -0.39 is 0 Å². The average Bonchev–Trinajstić information content (AvgIpc) is 2.43. The van der Waals surface area contributed by atoms with E-state index >= 15 is 0 Å². The first-order valence-corrected chi connectivity index (χ1v) is 6.45. The molecule has 4 nitrogen and oxygen atoms in total. The molecule has 18 heavy (non-hydrogen) atoms. The summed E-state index contributed by atoms with van der Waals surface area (Å²) in [5.41, 5.74) is 3.87. The van der Waals surface area contributed by atoms with Crippen LogP contribution in [0.3, 0.4) is 0 Å². The quantitative estimate of drug-likeness (QED) is 0.424. The van der Waals surface area contributed by atoms with Crippen LogP contribution in [0.5, 0.6) is 11.5 Å². The minimum atomic E-state index is 0.0580. The Morgan fingerprint density at radius 3 is 2.22 bits per heavy atom. The number of hydrogen-bond acceptors (Lipinski definition) is 4. The van der Waals surface area contributed by atoms with Crippen molar-refractivity contribution in [1.82, 2.24) is 5.43 Å². The molecule has 0 radical (unpaired) electrons. The standard InChI is InChI=1S/C14H24N2O2/c1-4-5-6-8-11(16-15)14-12(17-2)9-7-10-13(14)18-3/h7,9-11,16H,4-6,8,15H2,1-3H3. The lowest BCUT2D eigenvalue weighted by molar-refractivity contribution is 0.364. The van der Waals surface area contributed by atoms with Gasteiger partial charge in [-0.25, -0.2) is 0 Å². The molecule has 0 saturated heterocycles. The Balaban J connectivity index is 2.94. The molecule has 0 saturated carbocycles. The highest BCUT2D eigenvalue weighted by Gasteiger charge is 2.19. The van der Waals surface area contributed by atoms with Crippen LogP contribution in [0.1, 0.15) is 44.2 Å². The second-order valence-corrected chi connectivity index (χ2v) is 4.29. The molecule has 4 heteroatoms. The van der Waals surface area contributed by atoms with Crippen molar-refractivity contribution in [3.63, 3.8) is 0 Å². The van der Waals surface area contributed by atoms with Gasteiger partial charge in [0.05, 0.1) is 25.8 Å². The van der Waals surface area contributed by atoms with E-state index in [0.717, 1.165) is 29.9 Å². The van der Waals surface area contributed by atoms with Gasteiger partial charge < -0.3 is 9.47 Å². The summed E-state index contributed by atoms with van der Waals surface area (Å²) < 4.78 is 10.8. The number of methoxy groups -OCH3 is 2. The lowest BCUT2D eigenvalue weighted by Crippen LogP contribution is -2.28. The molecule has 1 aromatic carbocycles. The van der Waals surface area contributed by atoms with E-state index in [2.05, 4.69) is 12.3 Å². The maximum atomic E-state index is 5.67. The van der Waals surface area contributed by atoms with Gasteiger partial charge in [0, 0.05) is 0 Å². The van der Waals surface area contributed by atoms with Crippen LogP contribution in [-0.2, 0) is 0 Å². The molecule has 0 aliphatic heterocycles. The fourth-order valence-corrected chi connectivity index (χ4v) is 2.13. The van der Waals surface area contributed by atoms with Gasteiger partial charge in [-0.05, 0) is 18.6 Å². The second kappa shape index (κ2) is 7.95. The van der Waals surface area contributed by atoms with Gasteiger partial charge in [0.15, 0.2) is 0 Å². The topological polar surface area (TPSA) is 56.5 Å². The highest BCUT2D eigenvalue weighted by molar-refractivity contribution is 5.46. The zero-order chi connectivity index (χ0) is 13.4. The number of benzene rings is 1. The molecule has 1 rings (SSSR count). The summed E-state index contributed by atoms with van der Waals surface area (Å²) in [5.74, 6) is 7.30. The third-order valence-electron chi connectivity index (χ3n) is 3.11. The highest BCUT2D eigenvalue weighted by Crippen LogP contribution is 2.35. The normalized spacial score (nSPS) is 12.2. The zero-order valence-corrected chi connectivity index (χ0v) is 11.5. The van der Waals surface area contributed by atoms with Crippen molar-refractivity contribution in [3.8, 4) is 11.5 Å². The Bertz CT molecular complexity index is 333. The summed E-state index contributed by atoms with van der Waals surface area (Å²) in [6.07, 6.45) is 4.50. The number of ether oxygens (including phenoxy) is 2. The van der Waals surface area contributed by atoms with Gasteiger partial charge in [-0.1, -0.05) is 32.3 Å². The molecule has 102 valence electrons. The van der Waals surface area contributed by atoms with Crippen LogP contribution in [0.4, 0.5) is 0 Å².